The Labute approximate surface area is 74.1 Å². The van der Waals surface area contributed by atoms with Gasteiger partial charge in [0.05, 0.1) is 0 Å². The van der Waals surface area contributed by atoms with Crippen molar-refractivity contribution < 1.29 is 0 Å². The Kier molecular flexibility index (Phi) is 1.75. The Hall–Kier alpha value is 0.350. The number of thioether (sulfide) groups is 1. The van der Waals surface area contributed by atoms with Crippen molar-refractivity contribution in [2.75, 3.05) is 6.26 Å². The van der Waals surface area contributed by atoms with E-state index < -0.39 is 0 Å². The Morgan fingerprint density at radius 3 is 2.09 bits per heavy atom. The molecule has 0 atom stereocenters. The number of hydrogen-bond acceptors (Lipinski definition) is 1. The third-order valence-corrected chi connectivity index (χ3v) is 5.52. The van der Waals surface area contributed by atoms with E-state index in [-0.39, 0.29) is 0 Å². The van der Waals surface area contributed by atoms with Crippen LogP contribution in [0.4, 0.5) is 0 Å². The van der Waals surface area contributed by atoms with E-state index in [0.717, 1.165) is 10.2 Å². The number of rotatable bonds is 2. The predicted molar refractivity (Wildman–Crippen MR) is 52.1 cm³/mol. The van der Waals surface area contributed by atoms with E-state index in [4.69, 9.17) is 0 Å². The van der Waals surface area contributed by atoms with Crippen LogP contribution in [0, 0.1) is 5.41 Å². The van der Waals surface area contributed by atoms with Gasteiger partial charge in [0, 0.05) is 4.75 Å². The molecule has 0 aromatic carbocycles. The summed E-state index contributed by atoms with van der Waals surface area (Å²) in [6.07, 6.45) is 11.3. The molecular weight excluding hydrogens is 152 g/mol. The van der Waals surface area contributed by atoms with Gasteiger partial charge >= 0.3 is 0 Å². The molecule has 0 unspecified atom stereocenters. The molecule has 2 fully saturated rings. The van der Waals surface area contributed by atoms with Crippen LogP contribution < -0.4 is 0 Å². The van der Waals surface area contributed by atoms with Crippen LogP contribution in [0.15, 0.2) is 0 Å². The number of fused-ring (bicyclic) bond motifs is 2. The van der Waals surface area contributed by atoms with Crippen molar-refractivity contribution in [1.29, 1.82) is 0 Å². The molecule has 11 heavy (non-hydrogen) atoms. The van der Waals surface area contributed by atoms with Gasteiger partial charge in [-0.3, -0.25) is 0 Å². The highest BCUT2D eigenvalue weighted by atomic mass is 32.2. The first-order valence-corrected chi connectivity index (χ1v) is 6.02. The molecule has 0 aromatic heterocycles. The highest BCUT2D eigenvalue weighted by Gasteiger charge is 2.52. The zero-order valence-corrected chi connectivity index (χ0v) is 8.47. The zero-order valence-electron chi connectivity index (χ0n) is 7.65. The molecule has 0 nitrogen and oxygen atoms in total. The molecule has 2 bridgehead atoms. The summed E-state index contributed by atoms with van der Waals surface area (Å²) in [5, 5.41) is 0. The lowest BCUT2D eigenvalue weighted by Crippen LogP contribution is -2.16. The van der Waals surface area contributed by atoms with Gasteiger partial charge in [-0.2, -0.15) is 11.8 Å². The zero-order chi connectivity index (χ0) is 7.95. The van der Waals surface area contributed by atoms with E-state index >= 15 is 0 Å². The summed E-state index contributed by atoms with van der Waals surface area (Å²) in [6.45, 7) is 2.38. The van der Waals surface area contributed by atoms with Crippen molar-refractivity contribution in [3.05, 3.63) is 0 Å². The molecule has 0 aliphatic heterocycles. The van der Waals surface area contributed by atoms with Crippen molar-refractivity contribution in [1.82, 2.24) is 0 Å². The standard InChI is InChI=1S/C10H18S/c1-3-9-4-6-10(8-9,11-2)7-5-9/h3-8H2,1-2H3. The van der Waals surface area contributed by atoms with Crippen LogP contribution >= 0.6 is 11.8 Å². The monoisotopic (exact) mass is 170 g/mol. The van der Waals surface area contributed by atoms with Crippen LogP contribution in [-0.2, 0) is 0 Å². The normalized spacial score (nSPS) is 48.5. The van der Waals surface area contributed by atoms with Crippen LogP contribution in [0.3, 0.4) is 0 Å². The van der Waals surface area contributed by atoms with Gasteiger partial charge in [0.1, 0.15) is 0 Å². The molecule has 0 saturated heterocycles. The molecule has 0 radical (unpaired) electrons. The van der Waals surface area contributed by atoms with Crippen LogP contribution in [0.2, 0.25) is 0 Å². The Balaban J connectivity index is 2.15. The molecule has 0 amide bonds. The minimum atomic E-state index is 0.732. The van der Waals surface area contributed by atoms with Crippen LogP contribution in [0.5, 0.6) is 0 Å². The highest BCUT2D eigenvalue weighted by Crippen LogP contribution is 2.62. The maximum absolute atomic E-state index is 2.38. The highest BCUT2D eigenvalue weighted by molar-refractivity contribution is 8.00. The first kappa shape index (κ1) is 7.97. The molecule has 64 valence electrons. The molecule has 1 heteroatoms. The van der Waals surface area contributed by atoms with Crippen molar-refractivity contribution in [3.63, 3.8) is 0 Å². The van der Waals surface area contributed by atoms with Gasteiger partial charge < -0.3 is 0 Å². The van der Waals surface area contributed by atoms with Crippen molar-refractivity contribution in [3.8, 4) is 0 Å². The largest absolute Gasteiger partial charge is 0.159 e. The maximum atomic E-state index is 2.38. The Morgan fingerprint density at radius 1 is 1.18 bits per heavy atom. The molecule has 0 spiro atoms. The van der Waals surface area contributed by atoms with Gasteiger partial charge in [-0.15, -0.1) is 0 Å². The third kappa shape index (κ3) is 1.04. The third-order valence-electron chi connectivity index (χ3n) is 4.10. The van der Waals surface area contributed by atoms with Gasteiger partial charge in [-0.05, 0) is 43.8 Å². The maximum Gasteiger partial charge on any atom is 0.0163 e. The van der Waals surface area contributed by atoms with Crippen LogP contribution in [0.25, 0.3) is 0 Å². The molecule has 2 rings (SSSR count). The minimum Gasteiger partial charge on any atom is -0.159 e. The average Bonchev–Trinajstić information content (AvgIpc) is 2.61. The molecule has 0 heterocycles. The Bertz CT molecular complexity index is 136. The fourth-order valence-electron chi connectivity index (χ4n) is 3.03. The minimum absolute atomic E-state index is 0.732. The second-order valence-electron chi connectivity index (χ2n) is 4.42. The van der Waals surface area contributed by atoms with Gasteiger partial charge in [0.15, 0.2) is 0 Å². The fourth-order valence-corrected chi connectivity index (χ4v) is 4.09. The number of hydrogen-bond donors (Lipinski definition) is 0. The fraction of sp³-hybridized carbons (Fsp3) is 1.00. The topological polar surface area (TPSA) is 0 Å². The lowest BCUT2D eigenvalue weighted by molar-refractivity contribution is 0.284. The lowest BCUT2D eigenvalue weighted by atomic mass is 9.82. The van der Waals surface area contributed by atoms with Crippen molar-refractivity contribution in [2.24, 2.45) is 5.41 Å². The smallest absolute Gasteiger partial charge is 0.0163 e. The van der Waals surface area contributed by atoms with Crippen molar-refractivity contribution in [2.45, 2.75) is 50.2 Å². The summed E-state index contributed by atoms with van der Waals surface area (Å²) in [5.41, 5.74) is 0.795. The van der Waals surface area contributed by atoms with Crippen molar-refractivity contribution >= 4 is 11.8 Å². The quantitative estimate of drug-likeness (QED) is 0.611. The summed E-state index contributed by atoms with van der Waals surface area (Å²) in [5.74, 6) is 0. The van der Waals surface area contributed by atoms with Gasteiger partial charge in [0.2, 0.25) is 0 Å². The summed E-state index contributed by atoms with van der Waals surface area (Å²) in [7, 11) is 0. The molecule has 2 aliphatic carbocycles. The van der Waals surface area contributed by atoms with Crippen LogP contribution in [-0.4, -0.2) is 11.0 Å². The van der Waals surface area contributed by atoms with E-state index in [1.54, 1.807) is 0 Å². The van der Waals surface area contributed by atoms with E-state index in [2.05, 4.69) is 24.9 Å². The van der Waals surface area contributed by atoms with Gasteiger partial charge in [0.25, 0.3) is 0 Å². The SMILES string of the molecule is CCC12CCC(SC)(CC1)C2. The van der Waals surface area contributed by atoms with E-state index in [0.29, 0.717) is 0 Å². The van der Waals surface area contributed by atoms with Gasteiger partial charge in [-0.1, -0.05) is 13.3 Å². The summed E-state index contributed by atoms with van der Waals surface area (Å²) < 4.78 is 0.732. The second kappa shape index (κ2) is 2.42. The average molecular weight is 170 g/mol. The second-order valence-corrected chi connectivity index (χ2v) is 5.69. The van der Waals surface area contributed by atoms with Gasteiger partial charge in [-0.25, -0.2) is 0 Å². The lowest BCUT2D eigenvalue weighted by Gasteiger charge is -2.25. The van der Waals surface area contributed by atoms with E-state index in [1.807, 2.05) is 0 Å². The first-order chi connectivity index (χ1) is 5.24. The van der Waals surface area contributed by atoms with E-state index in [9.17, 15) is 0 Å². The summed E-state index contributed by atoms with van der Waals surface area (Å²) in [6, 6.07) is 0. The molecule has 0 N–H and O–H groups in total. The molecule has 0 aromatic rings. The molecule has 2 aliphatic rings. The first-order valence-electron chi connectivity index (χ1n) is 4.79. The summed E-state index contributed by atoms with van der Waals surface area (Å²) >= 11 is 2.14. The molecular formula is C10H18S. The molecule has 2 saturated carbocycles. The Morgan fingerprint density at radius 2 is 1.82 bits per heavy atom. The van der Waals surface area contributed by atoms with E-state index in [1.165, 1.54) is 38.5 Å². The summed E-state index contributed by atoms with van der Waals surface area (Å²) in [4.78, 5) is 0. The van der Waals surface area contributed by atoms with Crippen LogP contribution in [0.1, 0.15) is 45.4 Å². The predicted octanol–water partition coefficient (Wildman–Crippen LogP) is 3.46.